The van der Waals surface area contributed by atoms with Gasteiger partial charge in [0.25, 0.3) is 0 Å². The number of nitrogens with one attached hydrogen (secondary N) is 5. The number of carboxylic acids is 2. The molecule has 182 valence electrons. The molecule has 13 heteroatoms. The molecule has 2 heterocycles. The number of imidazole rings is 1. The second-order valence-corrected chi connectivity index (χ2v) is 8.22. The molecule has 0 aromatic carbocycles. The predicted octanol–water partition coefficient (Wildman–Crippen LogP) is -1.63. The van der Waals surface area contributed by atoms with E-state index in [-0.39, 0.29) is 6.42 Å². The summed E-state index contributed by atoms with van der Waals surface area (Å²) in [6.07, 6.45) is 3.44. The van der Waals surface area contributed by atoms with Crippen LogP contribution in [-0.2, 0) is 30.4 Å². The van der Waals surface area contributed by atoms with Crippen LogP contribution in [0.2, 0.25) is 0 Å². The van der Waals surface area contributed by atoms with Gasteiger partial charge in [-0.2, -0.15) is 0 Å². The molecule has 1 aliphatic heterocycles. The lowest BCUT2D eigenvalue weighted by atomic mass is 10.0. The Bertz CT molecular complexity index is 851. The van der Waals surface area contributed by atoms with E-state index >= 15 is 0 Å². The molecule has 0 bridgehead atoms. The lowest BCUT2D eigenvalue weighted by Gasteiger charge is -2.26. The van der Waals surface area contributed by atoms with Gasteiger partial charge in [-0.25, -0.2) is 9.78 Å². The molecule has 0 radical (unpaired) electrons. The molecular weight excluding hydrogens is 436 g/mol. The van der Waals surface area contributed by atoms with Crippen molar-refractivity contribution in [1.82, 2.24) is 31.2 Å². The molecule has 3 amide bonds. The summed E-state index contributed by atoms with van der Waals surface area (Å²) in [7, 11) is 0. The largest absolute Gasteiger partial charge is 0.481 e. The van der Waals surface area contributed by atoms with Crippen molar-refractivity contribution in [1.29, 1.82) is 0 Å². The van der Waals surface area contributed by atoms with Crippen LogP contribution in [0.4, 0.5) is 0 Å². The molecule has 33 heavy (non-hydrogen) atoms. The highest BCUT2D eigenvalue weighted by Crippen LogP contribution is 2.08. The van der Waals surface area contributed by atoms with Crippen molar-refractivity contribution in [3.63, 3.8) is 0 Å². The minimum absolute atomic E-state index is 0.0497. The van der Waals surface area contributed by atoms with Crippen LogP contribution in [0.5, 0.6) is 0 Å². The number of carbonyl (C=O) groups is 5. The summed E-state index contributed by atoms with van der Waals surface area (Å²) < 4.78 is 0. The van der Waals surface area contributed by atoms with E-state index in [0.29, 0.717) is 18.7 Å². The minimum atomic E-state index is -1.40. The van der Waals surface area contributed by atoms with Gasteiger partial charge in [-0.1, -0.05) is 13.8 Å². The first-order chi connectivity index (χ1) is 15.6. The Balaban J connectivity index is 2.07. The number of amides is 3. The Labute approximate surface area is 190 Å². The molecule has 1 fully saturated rings. The molecule has 1 aromatic heterocycles. The van der Waals surface area contributed by atoms with E-state index in [9.17, 15) is 29.1 Å². The Morgan fingerprint density at radius 2 is 1.82 bits per heavy atom. The molecule has 1 aromatic rings. The van der Waals surface area contributed by atoms with Crippen molar-refractivity contribution in [3.8, 4) is 0 Å². The molecule has 4 atom stereocenters. The summed E-state index contributed by atoms with van der Waals surface area (Å²) in [6, 6.07) is -4.35. The average Bonchev–Trinajstić information content (AvgIpc) is 3.44. The molecule has 1 aliphatic rings. The van der Waals surface area contributed by atoms with E-state index in [0.717, 1.165) is 6.42 Å². The van der Waals surface area contributed by atoms with Crippen molar-refractivity contribution < 1.29 is 34.2 Å². The zero-order valence-corrected chi connectivity index (χ0v) is 18.5. The number of hydrogen-bond acceptors (Lipinski definition) is 7. The SMILES string of the molecule is CC(C)C(NC(=O)C(CC(=O)O)NC(=O)C1CCCN1)C(=O)NC(Cc1cnc[nH]1)C(=O)O. The maximum Gasteiger partial charge on any atom is 0.326 e. The van der Waals surface area contributed by atoms with Crippen LogP contribution in [0.25, 0.3) is 0 Å². The molecule has 0 saturated carbocycles. The number of carbonyl (C=O) groups excluding carboxylic acids is 3. The third-order valence-corrected chi connectivity index (χ3v) is 5.23. The summed E-state index contributed by atoms with van der Waals surface area (Å²) in [5.74, 6) is -5.11. The van der Waals surface area contributed by atoms with E-state index in [4.69, 9.17) is 5.11 Å². The van der Waals surface area contributed by atoms with Crippen LogP contribution in [0.3, 0.4) is 0 Å². The Kier molecular flexibility index (Phi) is 9.33. The van der Waals surface area contributed by atoms with Crippen LogP contribution in [-0.4, -0.2) is 80.6 Å². The minimum Gasteiger partial charge on any atom is -0.481 e. The molecule has 0 aliphatic carbocycles. The fourth-order valence-corrected chi connectivity index (χ4v) is 3.43. The standard InChI is InChI=1S/C20H30N6O7/c1-10(2)16(19(31)25-14(20(32)33)6-11-8-21-9-23-11)26-18(30)13(7-15(27)28)24-17(29)12-4-3-5-22-12/h8-10,12-14,16,22H,3-7H2,1-2H3,(H,21,23)(H,24,29)(H,25,31)(H,26,30)(H,27,28)(H,32,33). The van der Waals surface area contributed by atoms with Gasteiger partial charge in [0.1, 0.15) is 18.1 Å². The van der Waals surface area contributed by atoms with Crippen LogP contribution in [0.15, 0.2) is 12.5 Å². The lowest BCUT2D eigenvalue weighted by molar-refractivity contribution is -0.143. The highest BCUT2D eigenvalue weighted by Gasteiger charge is 2.33. The number of carboxylic acid groups (broad SMARTS) is 2. The summed E-state index contributed by atoms with van der Waals surface area (Å²) in [4.78, 5) is 67.4. The second-order valence-electron chi connectivity index (χ2n) is 8.22. The van der Waals surface area contributed by atoms with Crippen molar-refractivity contribution >= 4 is 29.7 Å². The summed E-state index contributed by atoms with van der Waals surface area (Å²) in [5, 5.41) is 28.9. The smallest absolute Gasteiger partial charge is 0.326 e. The quantitative estimate of drug-likeness (QED) is 0.189. The number of aliphatic carboxylic acids is 2. The third kappa shape index (κ3) is 7.86. The van der Waals surface area contributed by atoms with Gasteiger partial charge in [-0.15, -0.1) is 0 Å². The number of aromatic amines is 1. The number of hydrogen-bond donors (Lipinski definition) is 7. The van der Waals surface area contributed by atoms with Crippen molar-refractivity contribution in [2.24, 2.45) is 5.92 Å². The van der Waals surface area contributed by atoms with E-state index in [2.05, 4.69) is 31.2 Å². The third-order valence-electron chi connectivity index (χ3n) is 5.23. The van der Waals surface area contributed by atoms with Gasteiger partial charge in [-0.05, 0) is 25.3 Å². The zero-order valence-electron chi connectivity index (χ0n) is 18.5. The lowest BCUT2D eigenvalue weighted by Crippen LogP contribution is -2.58. The van der Waals surface area contributed by atoms with E-state index < -0.39 is 66.2 Å². The maximum absolute atomic E-state index is 12.8. The van der Waals surface area contributed by atoms with E-state index in [1.807, 2.05) is 0 Å². The second kappa shape index (κ2) is 11.9. The van der Waals surface area contributed by atoms with Crippen LogP contribution in [0.1, 0.15) is 38.8 Å². The molecule has 2 rings (SSSR count). The number of nitrogens with zero attached hydrogens (tertiary/aromatic N) is 1. The topological polar surface area (TPSA) is 203 Å². The van der Waals surface area contributed by atoms with Crippen molar-refractivity contribution in [2.75, 3.05) is 6.54 Å². The monoisotopic (exact) mass is 466 g/mol. The van der Waals surface area contributed by atoms with Crippen LogP contribution < -0.4 is 21.3 Å². The summed E-state index contributed by atoms with van der Waals surface area (Å²) in [5.41, 5.74) is 0.498. The summed E-state index contributed by atoms with van der Waals surface area (Å²) in [6.45, 7) is 3.93. The molecule has 7 N–H and O–H groups in total. The van der Waals surface area contributed by atoms with Gasteiger partial charge >= 0.3 is 11.9 Å². The van der Waals surface area contributed by atoms with Crippen molar-refractivity contribution in [3.05, 3.63) is 18.2 Å². The Hall–Kier alpha value is -3.48. The fraction of sp³-hybridized carbons (Fsp3) is 0.600. The maximum atomic E-state index is 12.8. The molecule has 0 spiro atoms. The average molecular weight is 466 g/mol. The van der Waals surface area contributed by atoms with Gasteiger partial charge in [0.15, 0.2) is 0 Å². The number of aromatic nitrogens is 2. The Morgan fingerprint density at radius 3 is 2.33 bits per heavy atom. The summed E-state index contributed by atoms with van der Waals surface area (Å²) >= 11 is 0. The highest BCUT2D eigenvalue weighted by molar-refractivity contribution is 5.95. The van der Waals surface area contributed by atoms with Gasteiger partial charge in [0, 0.05) is 18.3 Å². The molecular formula is C20H30N6O7. The fourth-order valence-electron chi connectivity index (χ4n) is 3.43. The predicted molar refractivity (Wildman–Crippen MR) is 114 cm³/mol. The van der Waals surface area contributed by atoms with Gasteiger partial charge in [0.05, 0.1) is 18.8 Å². The highest BCUT2D eigenvalue weighted by atomic mass is 16.4. The molecule has 4 unspecified atom stereocenters. The number of rotatable bonds is 12. The molecule has 13 nitrogen and oxygen atoms in total. The van der Waals surface area contributed by atoms with Gasteiger partial charge < -0.3 is 36.5 Å². The van der Waals surface area contributed by atoms with E-state index in [1.165, 1.54) is 12.5 Å². The van der Waals surface area contributed by atoms with Gasteiger partial charge in [0.2, 0.25) is 17.7 Å². The number of H-pyrrole nitrogens is 1. The first kappa shape index (κ1) is 25.8. The van der Waals surface area contributed by atoms with E-state index in [1.54, 1.807) is 13.8 Å². The zero-order chi connectivity index (χ0) is 24.5. The first-order valence-electron chi connectivity index (χ1n) is 10.6. The van der Waals surface area contributed by atoms with Gasteiger partial charge in [-0.3, -0.25) is 19.2 Å². The first-order valence-corrected chi connectivity index (χ1v) is 10.6. The van der Waals surface area contributed by atoms with Crippen LogP contribution in [0, 0.1) is 5.92 Å². The Morgan fingerprint density at radius 1 is 1.09 bits per heavy atom. The molecule has 1 saturated heterocycles. The van der Waals surface area contributed by atoms with Crippen LogP contribution >= 0.6 is 0 Å². The normalized spacial score (nSPS) is 18.2. The van der Waals surface area contributed by atoms with Crippen molar-refractivity contribution in [2.45, 2.75) is 63.7 Å².